The second-order valence-corrected chi connectivity index (χ2v) is 7.68. The number of alkyl halides is 3. The Kier molecular flexibility index (Phi) is 6.10. The molecule has 1 aromatic rings. The Morgan fingerprint density at radius 3 is 2.59 bits per heavy atom. The van der Waals surface area contributed by atoms with Crippen LogP contribution in [-0.2, 0) is 25.7 Å². The highest BCUT2D eigenvalue weighted by atomic mass is 32.2. The first-order valence-electron chi connectivity index (χ1n) is 8.04. The topological polar surface area (TPSA) is 107 Å². The number of carbonyl (C=O) groups is 1. The van der Waals surface area contributed by atoms with Gasteiger partial charge in [0.15, 0.2) is 4.90 Å². The number of hydrogen-bond acceptors (Lipinski definition) is 6. The standard InChI is InChI=1S/C15H17F3N2O6S/c1-2-26-14(21)11-5-3-4-8-19(11)27(24,25)13-7-6-10(15(16,17)18)9-12(13)20(22)23/h6-7,9,11H,2-5,8H2,1H3. The summed E-state index contributed by atoms with van der Waals surface area (Å²) in [7, 11) is -4.59. The zero-order chi connectivity index (χ0) is 20.4. The van der Waals surface area contributed by atoms with Gasteiger partial charge in [-0.05, 0) is 38.3 Å². The smallest absolute Gasteiger partial charge is 0.416 e. The average Bonchev–Trinajstić information content (AvgIpc) is 2.60. The summed E-state index contributed by atoms with van der Waals surface area (Å²) in [5.41, 5.74) is -2.54. The van der Waals surface area contributed by atoms with Crippen LogP contribution < -0.4 is 0 Å². The van der Waals surface area contributed by atoms with Crippen molar-refractivity contribution in [3.63, 3.8) is 0 Å². The molecule has 1 fully saturated rings. The number of benzene rings is 1. The first-order valence-corrected chi connectivity index (χ1v) is 9.48. The molecule has 1 unspecified atom stereocenters. The van der Waals surface area contributed by atoms with Crippen molar-refractivity contribution in [2.75, 3.05) is 13.2 Å². The van der Waals surface area contributed by atoms with E-state index >= 15 is 0 Å². The maximum absolute atomic E-state index is 12.9. The molecule has 2 rings (SSSR count). The molecule has 0 aromatic heterocycles. The average molecular weight is 410 g/mol. The minimum Gasteiger partial charge on any atom is -0.465 e. The van der Waals surface area contributed by atoms with Crippen LogP contribution >= 0.6 is 0 Å². The van der Waals surface area contributed by atoms with Crippen molar-refractivity contribution in [1.29, 1.82) is 0 Å². The lowest BCUT2D eigenvalue weighted by molar-refractivity contribution is -0.388. The first-order chi connectivity index (χ1) is 12.5. The predicted molar refractivity (Wildman–Crippen MR) is 86.3 cm³/mol. The third-order valence-corrected chi connectivity index (χ3v) is 6.04. The molecule has 0 spiro atoms. The minimum atomic E-state index is -4.87. The Labute approximate surface area is 153 Å². The molecule has 27 heavy (non-hydrogen) atoms. The molecular weight excluding hydrogens is 393 g/mol. The van der Waals surface area contributed by atoms with Gasteiger partial charge in [0, 0.05) is 12.6 Å². The number of esters is 1. The molecule has 0 N–H and O–H groups in total. The van der Waals surface area contributed by atoms with Crippen LogP contribution in [0, 0.1) is 10.1 Å². The van der Waals surface area contributed by atoms with E-state index in [1.54, 1.807) is 6.92 Å². The molecule has 0 bridgehead atoms. The number of nitrogens with zero attached hydrogens (tertiary/aromatic N) is 2. The van der Waals surface area contributed by atoms with Crippen LogP contribution in [0.4, 0.5) is 18.9 Å². The van der Waals surface area contributed by atoms with Gasteiger partial charge in [-0.3, -0.25) is 14.9 Å². The van der Waals surface area contributed by atoms with Crippen LogP contribution in [0.5, 0.6) is 0 Å². The van der Waals surface area contributed by atoms with E-state index < -0.39 is 49.3 Å². The number of hydrogen-bond donors (Lipinski definition) is 0. The van der Waals surface area contributed by atoms with Crippen molar-refractivity contribution < 1.29 is 36.0 Å². The SMILES string of the molecule is CCOC(=O)C1CCCCN1S(=O)(=O)c1ccc(C(F)(F)F)cc1[N+](=O)[O-]. The van der Waals surface area contributed by atoms with Crippen molar-refractivity contribution in [2.24, 2.45) is 0 Å². The normalized spacial score (nSPS) is 18.9. The largest absolute Gasteiger partial charge is 0.465 e. The van der Waals surface area contributed by atoms with Crippen LogP contribution in [0.3, 0.4) is 0 Å². The molecule has 1 aliphatic heterocycles. The van der Waals surface area contributed by atoms with Gasteiger partial charge in [-0.15, -0.1) is 0 Å². The van der Waals surface area contributed by atoms with Crippen LogP contribution in [-0.4, -0.2) is 42.8 Å². The van der Waals surface area contributed by atoms with Crippen molar-refractivity contribution >= 4 is 21.7 Å². The fourth-order valence-electron chi connectivity index (χ4n) is 2.85. The highest BCUT2D eigenvalue weighted by Crippen LogP contribution is 2.36. The Balaban J connectivity index is 2.54. The summed E-state index contributed by atoms with van der Waals surface area (Å²) >= 11 is 0. The second-order valence-electron chi connectivity index (χ2n) is 5.82. The van der Waals surface area contributed by atoms with Crippen molar-refractivity contribution in [3.8, 4) is 0 Å². The van der Waals surface area contributed by atoms with Crippen LogP contribution in [0.25, 0.3) is 0 Å². The third kappa shape index (κ3) is 4.38. The Morgan fingerprint density at radius 2 is 2.04 bits per heavy atom. The van der Waals surface area contributed by atoms with E-state index in [1.807, 2.05) is 0 Å². The van der Waals surface area contributed by atoms with Gasteiger partial charge in [-0.1, -0.05) is 0 Å². The van der Waals surface area contributed by atoms with E-state index in [0.717, 1.165) is 4.31 Å². The number of nitro groups is 1. The van der Waals surface area contributed by atoms with E-state index in [-0.39, 0.29) is 25.6 Å². The van der Waals surface area contributed by atoms with Gasteiger partial charge >= 0.3 is 12.1 Å². The van der Waals surface area contributed by atoms with E-state index in [1.165, 1.54) is 0 Å². The molecule has 0 amide bonds. The molecule has 1 aromatic carbocycles. The highest BCUT2D eigenvalue weighted by Gasteiger charge is 2.42. The molecule has 1 heterocycles. The lowest BCUT2D eigenvalue weighted by Gasteiger charge is -2.32. The lowest BCUT2D eigenvalue weighted by atomic mass is 10.1. The van der Waals surface area contributed by atoms with Gasteiger partial charge < -0.3 is 4.74 Å². The van der Waals surface area contributed by atoms with E-state index in [0.29, 0.717) is 25.0 Å². The molecule has 1 aliphatic rings. The maximum atomic E-state index is 12.9. The fraction of sp³-hybridized carbons (Fsp3) is 0.533. The number of nitro benzene ring substituents is 1. The second kappa shape index (κ2) is 7.80. The number of rotatable bonds is 5. The quantitative estimate of drug-likeness (QED) is 0.420. The first kappa shape index (κ1) is 21.1. The summed E-state index contributed by atoms with van der Waals surface area (Å²) < 4.78 is 69.9. The van der Waals surface area contributed by atoms with E-state index in [9.17, 15) is 36.5 Å². The Morgan fingerprint density at radius 1 is 1.37 bits per heavy atom. The van der Waals surface area contributed by atoms with Gasteiger partial charge in [0.05, 0.1) is 17.1 Å². The molecule has 8 nitrogen and oxygen atoms in total. The summed E-state index contributed by atoms with van der Waals surface area (Å²) in [6.45, 7) is 1.47. The fourth-order valence-corrected chi connectivity index (χ4v) is 4.63. The molecular formula is C15H17F3N2O6S. The Bertz CT molecular complexity index is 840. The van der Waals surface area contributed by atoms with Crippen LogP contribution in [0.1, 0.15) is 31.7 Å². The minimum absolute atomic E-state index is 0.0175. The zero-order valence-corrected chi connectivity index (χ0v) is 15.0. The van der Waals surface area contributed by atoms with Crippen molar-refractivity contribution in [2.45, 2.75) is 43.3 Å². The van der Waals surface area contributed by atoms with Crippen molar-refractivity contribution in [3.05, 3.63) is 33.9 Å². The summed E-state index contributed by atoms with van der Waals surface area (Å²) in [6.07, 6.45) is -3.76. The number of sulfonamides is 1. The van der Waals surface area contributed by atoms with Gasteiger partial charge in [0.2, 0.25) is 0 Å². The molecule has 12 heteroatoms. The van der Waals surface area contributed by atoms with Crippen LogP contribution in [0.15, 0.2) is 23.1 Å². The number of halogens is 3. The number of carbonyl (C=O) groups excluding carboxylic acids is 1. The summed E-state index contributed by atoms with van der Waals surface area (Å²) in [5.74, 6) is -0.796. The molecule has 0 aliphatic carbocycles. The van der Waals surface area contributed by atoms with Gasteiger partial charge in [0.1, 0.15) is 6.04 Å². The van der Waals surface area contributed by atoms with Crippen LogP contribution in [0.2, 0.25) is 0 Å². The zero-order valence-electron chi connectivity index (χ0n) is 14.2. The third-order valence-electron chi connectivity index (χ3n) is 4.08. The van der Waals surface area contributed by atoms with Gasteiger partial charge in [-0.25, -0.2) is 8.42 Å². The maximum Gasteiger partial charge on any atom is 0.416 e. The van der Waals surface area contributed by atoms with Gasteiger partial charge in [-0.2, -0.15) is 17.5 Å². The molecule has 1 atom stereocenters. The van der Waals surface area contributed by atoms with Crippen molar-refractivity contribution in [1.82, 2.24) is 4.31 Å². The van der Waals surface area contributed by atoms with E-state index in [2.05, 4.69) is 0 Å². The summed E-state index contributed by atoms with van der Waals surface area (Å²) in [6, 6.07) is 0.0116. The molecule has 0 saturated carbocycles. The number of ether oxygens (including phenoxy) is 1. The molecule has 1 saturated heterocycles. The summed E-state index contributed by atoms with van der Waals surface area (Å²) in [4.78, 5) is 21.2. The lowest BCUT2D eigenvalue weighted by Crippen LogP contribution is -2.48. The molecule has 150 valence electrons. The summed E-state index contributed by atoms with van der Waals surface area (Å²) in [5, 5.41) is 11.2. The number of piperidine rings is 1. The molecule has 0 radical (unpaired) electrons. The Hall–Kier alpha value is -2.21. The van der Waals surface area contributed by atoms with E-state index in [4.69, 9.17) is 4.74 Å². The highest BCUT2D eigenvalue weighted by molar-refractivity contribution is 7.89. The predicted octanol–water partition coefficient (Wildman–Crippen LogP) is 2.72. The van der Waals surface area contributed by atoms with Gasteiger partial charge in [0.25, 0.3) is 15.7 Å². The monoisotopic (exact) mass is 410 g/mol.